The fraction of sp³-hybridized carbons (Fsp3) is 0.640. The van der Waals surface area contributed by atoms with Gasteiger partial charge in [-0.2, -0.15) is 0 Å². The first kappa shape index (κ1) is 23.5. The Kier molecular flexibility index (Phi) is 7.69. The quantitative estimate of drug-likeness (QED) is 0.629. The first-order valence-electron chi connectivity index (χ1n) is 12.2. The molecule has 1 amide bonds. The number of fused-ring (bicyclic) bond motifs is 3. The molecule has 2 aliphatic heterocycles. The van der Waals surface area contributed by atoms with Crippen LogP contribution in [-0.4, -0.2) is 69.0 Å². The van der Waals surface area contributed by atoms with Crippen molar-refractivity contribution in [3.63, 3.8) is 0 Å². The Labute approximate surface area is 194 Å². The van der Waals surface area contributed by atoms with E-state index in [4.69, 9.17) is 4.74 Å². The van der Waals surface area contributed by atoms with Crippen LogP contribution in [0.15, 0.2) is 18.2 Å². The fourth-order valence-corrected chi connectivity index (χ4v) is 6.20. The van der Waals surface area contributed by atoms with Gasteiger partial charge < -0.3 is 9.64 Å². The first-order valence-corrected chi connectivity index (χ1v) is 13.4. The molecule has 0 aliphatic carbocycles. The van der Waals surface area contributed by atoms with E-state index in [9.17, 15) is 9.00 Å². The van der Waals surface area contributed by atoms with Crippen LogP contribution in [-0.2, 0) is 28.7 Å². The fourth-order valence-electron chi connectivity index (χ4n) is 5.11. The van der Waals surface area contributed by atoms with E-state index in [0.717, 1.165) is 81.4 Å². The van der Waals surface area contributed by atoms with Gasteiger partial charge in [-0.3, -0.25) is 13.7 Å². The minimum absolute atomic E-state index is 0.0621. The number of hydrogen-bond acceptors (Lipinski definition) is 4. The Hall–Kier alpha value is -1.70. The summed E-state index contributed by atoms with van der Waals surface area (Å²) in [7, 11) is 0.790. The summed E-state index contributed by atoms with van der Waals surface area (Å²) < 4.78 is 20.7. The van der Waals surface area contributed by atoms with Crippen molar-refractivity contribution in [1.29, 1.82) is 0 Å². The monoisotopic (exact) mass is 459 g/mol. The van der Waals surface area contributed by atoms with Gasteiger partial charge in [0.15, 0.2) is 0 Å². The van der Waals surface area contributed by atoms with Gasteiger partial charge in [-0.15, -0.1) is 0 Å². The zero-order valence-electron chi connectivity index (χ0n) is 19.8. The Morgan fingerprint density at radius 2 is 2.09 bits per heavy atom. The van der Waals surface area contributed by atoms with E-state index in [1.165, 1.54) is 17.7 Å². The van der Waals surface area contributed by atoms with Crippen molar-refractivity contribution >= 4 is 27.8 Å². The lowest BCUT2D eigenvalue weighted by molar-refractivity contribution is 0.0793. The second-order valence-corrected chi connectivity index (χ2v) is 10.6. The predicted octanol–water partition coefficient (Wildman–Crippen LogP) is 3.97. The molecule has 0 spiro atoms. The van der Waals surface area contributed by atoms with Crippen molar-refractivity contribution in [3.05, 3.63) is 35.0 Å². The molecule has 176 valence electrons. The van der Waals surface area contributed by atoms with Gasteiger partial charge in [0.1, 0.15) is 11.0 Å². The van der Waals surface area contributed by atoms with Crippen LogP contribution in [0.3, 0.4) is 0 Å². The molecule has 2 unspecified atom stereocenters. The number of benzene rings is 1. The van der Waals surface area contributed by atoms with Gasteiger partial charge in [0.2, 0.25) is 0 Å². The van der Waals surface area contributed by atoms with E-state index < -0.39 is 11.0 Å². The molecule has 1 aromatic carbocycles. The van der Waals surface area contributed by atoms with E-state index >= 15 is 0 Å². The maximum atomic E-state index is 13.0. The van der Waals surface area contributed by atoms with Gasteiger partial charge in [-0.25, -0.2) is 4.21 Å². The molecule has 4 rings (SSSR count). The number of aromatic nitrogens is 1. The average Bonchev–Trinajstić information content (AvgIpc) is 2.96. The molecule has 0 radical (unpaired) electrons. The van der Waals surface area contributed by atoms with Crippen molar-refractivity contribution in [2.24, 2.45) is 0 Å². The summed E-state index contributed by atoms with van der Waals surface area (Å²) in [6, 6.07) is 6.49. The second kappa shape index (κ2) is 10.5. The molecular formula is C25H37N3O3S. The molecule has 2 atom stereocenters. The molecule has 32 heavy (non-hydrogen) atoms. The molecule has 2 aliphatic rings. The maximum absolute atomic E-state index is 13.0. The lowest BCUT2D eigenvalue weighted by atomic mass is 9.99. The Bertz CT molecular complexity index is 978. The summed E-state index contributed by atoms with van der Waals surface area (Å²) in [6.07, 6.45) is 6.32. The normalized spacial score (nSPS) is 20.7. The smallest absolute Gasteiger partial charge is 0.253 e. The highest BCUT2D eigenvalue weighted by Gasteiger charge is 2.30. The lowest BCUT2D eigenvalue weighted by Crippen LogP contribution is -2.39. The number of rotatable bonds is 7. The number of unbranched alkanes of at least 4 members (excludes halogenated alkanes) is 1. The topological polar surface area (TPSA) is 54.8 Å². The van der Waals surface area contributed by atoms with E-state index in [2.05, 4.69) is 11.8 Å². The van der Waals surface area contributed by atoms with Gasteiger partial charge in [0, 0.05) is 74.8 Å². The number of ether oxygens (including phenoxy) is 1. The number of carbonyl (C=O) groups is 1. The summed E-state index contributed by atoms with van der Waals surface area (Å²) in [6.45, 7) is 8.41. The highest BCUT2D eigenvalue weighted by molar-refractivity contribution is 7.83. The van der Waals surface area contributed by atoms with E-state index in [0.29, 0.717) is 11.8 Å². The Morgan fingerprint density at radius 3 is 2.88 bits per heavy atom. The standard InChI is InChI=1S/C25H37N3O3S/c1-4-6-13-26(3)25(29)19-9-10-23-21(17-19)22-18-27(20-8-7-15-31-16-12-20)14-11-24(22)28(23)32(30)5-2/h9-10,17,20H,4-8,11-16,18H2,1-3H3. The summed E-state index contributed by atoms with van der Waals surface area (Å²) in [4.78, 5) is 17.4. The van der Waals surface area contributed by atoms with Gasteiger partial charge in [-0.1, -0.05) is 20.3 Å². The minimum atomic E-state index is -1.09. The molecule has 2 aromatic rings. The molecular weight excluding hydrogens is 422 g/mol. The Balaban J connectivity index is 1.71. The molecule has 0 N–H and O–H groups in total. The van der Waals surface area contributed by atoms with Crippen molar-refractivity contribution in [2.75, 3.05) is 39.1 Å². The first-order chi connectivity index (χ1) is 15.5. The summed E-state index contributed by atoms with van der Waals surface area (Å²) >= 11 is 0. The van der Waals surface area contributed by atoms with Crippen LogP contribution in [0.2, 0.25) is 0 Å². The third-order valence-electron chi connectivity index (χ3n) is 6.96. The van der Waals surface area contributed by atoms with Crippen LogP contribution in [0.5, 0.6) is 0 Å². The number of carbonyl (C=O) groups excluding carboxylic acids is 1. The van der Waals surface area contributed by atoms with Crippen LogP contribution < -0.4 is 0 Å². The van der Waals surface area contributed by atoms with Gasteiger partial charge in [-0.05, 0) is 49.4 Å². The van der Waals surface area contributed by atoms with Gasteiger partial charge in [0.05, 0.1) is 5.52 Å². The third-order valence-corrected chi connectivity index (χ3v) is 8.28. The van der Waals surface area contributed by atoms with Crippen molar-refractivity contribution in [1.82, 2.24) is 13.8 Å². The van der Waals surface area contributed by atoms with E-state index in [1.807, 2.05) is 41.0 Å². The summed E-state index contributed by atoms with van der Waals surface area (Å²) in [5.74, 6) is 0.646. The van der Waals surface area contributed by atoms with Crippen LogP contribution in [0, 0.1) is 0 Å². The van der Waals surface area contributed by atoms with E-state index in [-0.39, 0.29) is 5.91 Å². The van der Waals surface area contributed by atoms with Crippen molar-refractivity contribution < 1.29 is 13.7 Å². The molecule has 0 bridgehead atoms. The predicted molar refractivity (Wildman–Crippen MR) is 130 cm³/mol. The highest BCUT2D eigenvalue weighted by Crippen LogP contribution is 2.34. The third kappa shape index (κ3) is 4.66. The highest BCUT2D eigenvalue weighted by atomic mass is 32.2. The number of amides is 1. The van der Waals surface area contributed by atoms with E-state index in [1.54, 1.807) is 0 Å². The number of nitrogens with zero attached hydrogens (tertiary/aromatic N) is 3. The summed E-state index contributed by atoms with van der Waals surface area (Å²) in [5.41, 5.74) is 4.15. The molecule has 7 heteroatoms. The van der Waals surface area contributed by atoms with Crippen LogP contribution >= 0.6 is 0 Å². The molecule has 1 saturated heterocycles. The molecule has 3 heterocycles. The maximum Gasteiger partial charge on any atom is 0.253 e. The summed E-state index contributed by atoms with van der Waals surface area (Å²) in [5, 5.41) is 1.09. The zero-order chi connectivity index (χ0) is 22.7. The average molecular weight is 460 g/mol. The van der Waals surface area contributed by atoms with Gasteiger partial charge >= 0.3 is 0 Å². The second-order valence-electron chi connectivity index (χ2n) is 9.06. The van der Waals surface area contributed by atoms with Gasteiger partial charge in [0.25, 0.3) is 5.91 Å². The molecule has 1 aromatic heterocycles. The number of hydrogen-bond donors (Lipinski definition) is 0. The van der Waals surface area contributed by atoms with Crippen molar-refractivity contribution in [3.8, 4) is 0 Å². The zero-order valence-corrected chi connectivity index (χ0v) is 20.6. The minimum Gasteiger partial charge on any atom is -0.381 e. The van der Waals surface area contributed by atoms with Crippen LogP contribution in [0.25, 0.3) is 10.9 Å². The van der Waals surface area contributed by atoms with Crippen LogP contribution in [0.1, 0.15) is 67.6 Å². The molecule has 6 nitrogen and oxygen atoms in total. The lowest BCUT2D eigenvalue weighted by Gasteiger charge is -2.34. The largest absolute Gasteiger partial charge is 0.381 e. The van der Waals surface area contributed by atoms with Crippen molar-refractivity contribution in [2.45, 2.75) is 65.0 Å². The SMILES string of the molecule is CCCCN(C)C(=O)c1ccc2c(c1)c1c(n2S(=O)CC)CCN(C2CCCOCC2)C1. The Morgan fingerprint density at radius 1 is 1.25 bits per heavy atom. The van der Waals surface area contributed by atoms with Crippen LogP contribution in [0.4, 0.5) is 0 Å². The molecule has 0 saturated carbocycles. The molecule has 1 fully saturated rings.